The van der Waals surface area contributed by atoms with E-state index < -0.39 is 5.41 Å². The zero-order chi connectivity index (χ0) is 29.1. The molecule has 0 aliphatic heterocycles. The van der Waals surface area contributed by atoms with Crippen LogP contribution >= 0.6 is 0 Å². The maximum atomic E-state index is 14.0. The van der Waals surface area contributed by atoms with Crippen LogP contribution in [0.1, 0.15) is 92.9 Å². The molecule has 40 heavy (non-hydrogen) atoms. The number of rotatable bonds is 12. The molecule has 1 N–H and O–H groups in total. The second kappa shape index (κ2) is 14.5. The van der Waals surface area contributed by atoms with E-state index in [1.54, 1.807) is 19.2 Å². The van der Waals surface area contributed by atoms with Crippen molar-refractivity contribution in [2.45, 2.75) is 71.3 Å². The molecule has 0 heterocycles. The van der Waals surface area contributed by atoms with Gasteiger partial charge in [-0.05, 0) is 68.9 Å². The number of benzene rings is 3. The number of aliphatic imine (C=N–C) groups is 2. The Hall–Kier alpha value is -3.93. The van der Waals surface area contributed by atoms with Crippen LogP contribution in [0.2, 0.25) is 0 Å². The number of Topliss-reactive ketones (excluding diaryl/α,β-unsaturated/α-hetero) is 1. The largest absolute Gasteiger partial charge is 0.349 e. The lowest BCUT2D eigenvalue weighted by Gasteiger charge is -2.34. The molecule has 3 aromatic rings. The molecule has 1 amide bonds. The molecule has 6 heteroatoms. The third-order valence-electron chi connectivity index (χ3n) is 7.44. The zero-order valence-corrected chi connectivity index (χ0v) is 24.2. The second-order valence-electron chi connectivity index (χ2n) is 10.3. The quantitative estimate of drug-likeness (QED) is 0.145. The van der Waals surface area contributed by atoms with Crippen LogP contribution in [0.4, 0.5) is 4.39 Å². The van der Waals surface area contributed by atoms with E-state index in [9.17, 15) is 14.0 Å². The van der Waals surface area contributed by atoms with E-state index in [0.29, 0.717) is 37.1 Å². The van der Waals surface area contributed by atoms with Gasteiger partial charge in [0.15, 0.2) is 5.78 Å². The number of ketones is 1. The highest BCUT2D eigenvalue weighted by Gasteiger charge is 2.39. The Bertz CT molecular complexity index is 1330. The molecular weight excluding hydrogens is 501 g/mol. The monoisotopic (exact) mass is 541 g/mol. The third-order valence-corrected chi connectivity index (χ3v) is 7.44. The lowest BCUT2D eigenvalue weighted by molar-refractivity contribution is -0.128. The van der Waals surface area contributed by atoms with E-state index in [4.69, 9.17) is 0 Å². The molecule has 0 aliphatic carbocycles. The molecular formula is C34H40FN3O2. The summed E-state index contributed by atoms with van der Waals surface area (Å²) >= 11 is 0. The molecule has 3 rings (SSSR count). The average Bonchev–Trinajstić information content (AvgIpc) is 2.97. The fourth-order valence-electron chi connectivity index (χ4n) is 5.08. The first-order chi connectivity index (χ1) is 19.2. The molecule has 0 aromatic heterocycles. The number of hydrogen-bond acceptors (Lipinski definition) is 3. The zero-order valence-electron chi connectivity index (χ0n) is 24.2. The summed E-state index contributed by atoms with van der Waals surface area (Å²) in [4.78, 5) is 35.6. The molecule has 3 aromatic carbocycles. The van der Waals surface area contributed by atoms with Gasteiger partial charge in [0.2, 0.25) is 5.91 Å². The van der Waals surface area contributed by atoms with Crippen LogP contribution in [-0.4, -0.2) is 30.3 Å². The predicted octanol–water partition coefficient (Wildman–Crippen LogP) is 7.65. The van der Waals surface area contributed by atoms with Crippen LogP contribution in [0.3, 0.4) is 0 Å². The summed E-state index contributed by atoms with van der Waals surface area (Å²) in [5, 5.41) is 3.18. The van der Waals surface area contributed by atoms with Gasteiger partial charge in [-0.1, -0.05) is 80.1 Å². The third kappa shape index (κ3) is 7.81. The first-order valence-corrected chi connectivity index (χ1v) is 13.9. The Labute approximate surface area is 237 Å². The maximum absolute atomic E-state index is 14.0. The van der Waals surface area contributed by atoms with Gasteiger partial charge in [-0.3, -0.25) is 14.6 Å². The van der Waals surface area contributed by atoms with Gasteiger partial charge in [0, 0.05) is 24.7 Å². The molecule has 210 valence electrons. The van der Waals surface area contributed by atoms with Crippen molar-refractivity contribution in [3.8, 4) is 0 Å². The van der Waals surface area contributed by atoms with E-state index in [1.165, 1.54) is 12.1 Å². The summed E-state index contributed by atoms with van der Waals surface area (Å²) in [6.07, 6.45) is 2.92. The predicted molar refractivity (Wildman–Crippen MR) is 162 cm³/mol. The SMILES string of the molecule is CCCC(CCCC(=O)c1ccc(C(C)=NC(C)=NC)cc1)(C(=O)N[C@@H](C)c1ccc(F)cc1)c1ccccc1. The smallest absolute Gasteiger partial charge is 0.231 e. The molecule has 0 bridgehead atoms. The van der Waals surface area contributed by atoms with Crippen molar-refractivity contribution < 1.29 is 14.0 Å². The number of amidine groups is 1. The van der Waals surface area contributed by atoms with E-state index >= 15 is 0 Å². The number of hydrogen-bond donors (Lipinski definition) is 1. The van der Waals surface area contributed by atoms with Crippen molar-refractivity contribution in [1.82, 2.24) is 5.32 Å². The maximum Gasteiger partial charge on any atom is 0.231 e. The van der Waals surface area contributed by atoms with Gasteiger partial charge in [0.1, 0.15) is 11.7 Å². The lowest BCUT2D eigenvalue weighted by atomic mass is 9.72. The van der Waals surface area contributed by atoms with Crippen molar-refractivity contribution in [3.05, 3.63) is 107 Å². The Kier molecular flexibility index (Phi) is 11.1. The summed E-state index contributed by atoms with van der Waals surface area (Å²) in [7, 11) is 1.70. The topological polar surface area (TPSA) is 70.9 Å². The summed E-state index contributed by atoms with van der Waals surface area (Å²) in [6.45, 7) is 7.74. The highest BCUT2D eigenvalue weighted by Crippen LogP contribution is 2.36. The molecule has 2 atom stereocenters. The first kappa shape index (κ1) is 30.6. The minimum Gasteiger partial charge on any atom is -0.349 e. The number of nitrogens with zero attached hydrogens (tertiary/aromatic N) is 2. The highest BCUT2D eigenvalue weighted by atomic mass is 19.1. The molecule has 0 fully saturated rings. The van der Waals surface area contributed by atoms with Crippen LogP contribution in [0.25, 0.3) is 0 Å². The van der Waals surface area contributed by atoms with Crippen molar-refractivity contribution in [1.29, 1.82) is 0 Å². The number of carbonyl (C=O) groups is 2. The fraction of sp³-hybridized carbons (Fsp3) is 0.353. The Morgan fingerprint density at radius 1 is 0.900 bits per heavy atom. The summed E-state index contributed by atoms with van der Waals surface area (Å²) in [6, 6.07) is 23.2. The van der Waals surface area contributed by atoms with Crippen LogP contribution in [0.15, 0.2) is 88.8 Å². The van der Waals surface area contributed by atoms with Crippen LogP contribution in [0, 0.1) is 5.82 Å². The van der Waals surface area contributed by atoms with Gasteiger partial charge in [0.25, 0.3) is 0 Å². The van der Waals surface area contributed by atoms with Gasteiger partial charge in [-0.2, -0.15) is 0 Å². The van der Waals surface area contributed by atoms with Crippen LogP contribution < -0.4 is 5.32 Å². The molecule has 5 nitrogen and oxygen atoms in total. The molecule has 0 radical (unpaired) electrons. The van der Waals surface area contributed by atoms with E-state index in [1.807, 2.05) is 75.4 Å². The summed E-state index contributed by atoms with van der Waals surface area (Å²) < 4.78 is 13.4. The van der Waals surface area contributed by atoms with Crippen LogP contribution in [0.5, 0.6) is 0 Å². The van der Waals surface area contributed by atoms with E-state index in [-0.39, 0.29) is 23.5 Å². The minimum absolute atomic E-state index is 0.0472. The normalized spacial score (nSPS) is 14.3. The fourth-order valence-corrected chi connectivity index (χ4v) is 5.08. The molecule has 0 spiro atoms. The Morgan fingerprint density at radius 2 is 1.52 bits per heavy atom. The van der Waals surface area contributed by atoms with Crippen LogP contribution in [-0.2, 0) is 10.2 Å². The number of halogens is 1. The first-order valence-electron chi connectivity index (χ1n) is 13.9. The number of carbonyl (C=O) groups excluding carboxylic acids is 2. The van der Waals surface area contributed by atoms with Gasteiger partial charge in [0.05, 0.1) is 11.5 Å². The molecule has 1 unspecified atom stereocenters. The van der Waals surface area contributed by atoms with Crippen molar-refractivity contribution in [2.75, 3.05) is 7.05 Å². The summed E-state index contributed by atoms with van der Waals surface area (Å²) in [5.41, 5.74) is 3.43. The number of amides is 1. The number of nitrogens with one attached hydrogen (secondary N) is 1. The van der Waals surface area contributed by atoms with E-state index in [2.05, 4.69) is 22.2 Å². The molecule has 0 saturated heterocycles. The Morgan fingerprint density at radius 3 is 2.12 bits per heavy atom. The van der Waals surface area contributed by atoms with Crippen molar-refractivity contribution in [2.24, 2.45) is 9.98 Å². The molecule has 0 saturated carbocycles. The van der Waals surface area contributed by atoms with Gasteiger partial charge in [-0.15, -0.1) is 0 Å². The standard InChI is InChI=1S/C34H40FN3O2/c1-6-22-34(30-11-8-7-9-12-30,33(40)38-25(3)28-18-20-31(35)21-19-28)23-10-13-32(39)29-16-14-27(15-17-29)24(2)37-26(4)36-5/h7-9,11-12,14-21,25H,6,10,13,22-23H2,1-5H3,(H,38,40)/t25-,34?/m0/s1. The molecule has 0 aliphatic rings. The van der Waals surface area contributed by atoms with Crippen molar-refractivity contribution >= 4 is 23.2 Å². The van der Waals surface area contributed by atoms with Gasteiger partial charge >= 0.3 is 0 Å². The average molecular weight is 542 g/mol. The highest BCUT2D eigenvalue weighted by molar-refractivity contribution is 6.06. The van der Waals surface area contributed by atoms with Gasteiger partial charge < -0.3 is 5.32 Å². The minimum atomic E-state index is -0.777. The van der Waals surface area contributed by atoms with Crippen molar-refractivity contribution in [3.63, 3.8) is 0 Å². The second-order valence-corrected chi connectivity index (χ2v) is 10.3. The van der Waals surface area contributed by atoms with Gasteiger partial charge in [-0.25, -0.2) is 9.38 Å². The van der Waals surface area contributed by atoms with E-state index in [0.717, 1.165) is 28.8 Å². The Balaban J connectivity index is 1.77. The summed E-state index contributed by atoms with van der Waals surface area (Å²) in [5.74, 6) is 0.360. The lowest BCUT2D eigenvalue weighted by Crippen LogP contribution is -2.45.